The van der Waals surface area contributed by atoms with Gasteiger partial charge >= 0.3 is 0 Å². The van der Waals surface area contributed by atoms with Crippen LogP contribution >= 0.6 is 23.1 Å². The minimum atomic E-state index is 0.639. The van der Waals surface area contributed by atoms with E-state index in [9.17, 15) is 0 Å². The molecule has 4 rings (SSSR count). The van der Waals surface area contributed by atoms with Crippen molar-refractivity contribution in [1.29, 1.82) is 0 Å². The van der Waals surface area contributed by atoms with Crippen LogP contribution in [0.25, 0.3) is 10.2 Å². The van der Waals surface area contributed by atoms with Crippen molar-refractivity contribution in [1.82, 2.24) is 19.5 Å². The van der Waals surface area contributed by atoms with Gasteiger partial charge in [0.05, 0.1) is 11.1 Å². The molecular weight excluding hydrogens is 314 g/mol. The van der Waals surface area contributed by atoms with Crippen molar-refractivity contribution >= 4 is 39.1 Å². The van der Waals surface area contributed by atoms with E-state index in [1.165, 1.54) is 23.3 Å². The first-order valence-corrected chi connectivity index (χ1v) is 9.19. The number of nitrogens with two attached hydrogens (primary N) is 1. The molecule has 114 valence electrons. The summed E-state index contributed by atoms with van der Waals surface area (Å²) in [4.78, 5) is 16.1. The summed E-state index contributed by atoms with van der Waals surface area (Å²) in [6, 6.07) is 0. The smallest absolute Gasteiger partial charge is 0.168 e. The van der Waals surface area contributed by atoms with Crippen LogP contribution in [0.5, 0.6) is 0 Å². The van der Waals surface area contributed by atoms with E-state index in [0.717, 1.165) is 34.0 Å². The molecule has 22 heavy (non-hydrogen) atoms. The maximum atomic E-state index is 6.23. The zero-order valence-corrected chi connectivity index (χ0v) is 14.0. The van der Waals surface area contributed by atoms with E-state index >= 15 is 0 Å². The number of aryl methyl sites for hydroxylation is 3. The first-order chi connectivity index (χ1) is 10.7. The van der Waals surface area contributed by atoms with Crippen molar-refractivity contribution in [2.24, 2.45) is 7.05 Å². The zero-order valence-electron chi connectivity index (χ0n) is 12.4. The van der Waals surface area contributed by atoms with Crippen molar-refractivity contribution in [3.63, 3.8) is 0 Å². The van der Waals surface area contributed by atoms with Crippen LogP contribution in [0.2, 0.25) is 0 Å². The molecule has 5 nitrogen and oxygen atoms in total. The molecule has 2 N–H and O–H groups in total. The summed E-state index contributed by atoms with van der Waals surface area (Å²) < 4.78 is 2.00. The number of aromatic nitrogens is 4. The summed E-state index contributed by atoms with van der Waals surface area (Å²) in [6.07, 6.45) is 8.53. The van der Waals surface area contributed by atoms with Crippen molar-refractivity contribution in [3.05, 3.63) is 28.7 Å². The van der Waals surface area contributed by atoms with Crippen LogP contribution < -0.4 is 5.73 Å². The topological polar surface area (TPSA) is 69.6 Å². The molecule has 0 aromatic carbocycles. The molecule has 3 aromatic rings. The monoisotopic (exact) mass is 331 g/mol. The average Bonchev–Trinajstić information content (AvgIpc) is 3.08. The maximum absolute atomic E-state index is 6.23. The third-order valence-electron chi connectivity index (χ3n) is 4.00. The summed E-state index contributed by atoms with van der Waals surface area (Å²) in [5, 5.41) is 2.07. The lowest BCUT2D eigenvalue weighted by atomic mass is 9.97. The largest absolute Gasteiger partial charge is 0.383 e. The third kappa shape index (κ3) is 2.38. The standard InChI is InChI=1S/C15H17N5S2/c1-20-7-6-17-15(20)21-8-11-18-13(16)12-9-4-2-3-5-10(9)22-14(12)19-11/h6-7H,2-5,8H2,1H3,(H2,16,18,19). The summed E-state index contributed by atoms with van der Waals surface area (Å²) in [6.45, 7) is 0. The lowest BCUT2D eigenvalue weighted by molar-refractivity contribution is 0.700. The van der Waals surface area contributed by atoms with Crippen molar-refractivity contribution in [2.75, 3.05) is 5.73 Å². The number of hydrogen-bond donors (Lipinski definition) is 1. The number of anilines is 1. The number of nitrogen functional groups attached to an aromatic ring is 1. The van der Waals surface area contributed by atoms with Gasteiger partial charge in [-0.1, -0.05) is 11.8 Å². The van der Waals surface area contributed by atoms with Gasteiger partial charge in [-0.15, -0.1) is 11.3 Å². The van der Waals surface area contributed by atoms with Gasteiger partial charge in [0.2, 0.25) is 0 Å². The van der Waals surface area contributed by atoms with E-state index in [0.29, 0.717) is 11.6 Å². The van der Waals surface area contributed by atoms with Gasteiger partial charge in [0.15, 0.2) is 5.16 Å². The molecule has 0 bridgehead atoms. The molecule has 3 aromatic heterocycles. The fraction of sp³-hybridized carbons (Fsp3) is 0.400. The predicted molar refractivity (Wildman–Crippen MR) is 91.2 cm³/mol. The van der Waals surface area contributed by atoms with Crippen LogP contribution in [-0.2, 0) is 25.6 Å². The molecule has 3 heterocycles. The van der Waals surface area contributed by atoms with Gasteiger partial charge in [-0.3, -0.25) is 0 Å². The van der Waals surface area contributed by atoms with Gasteiger partial charge in [-0.05, 0) is 31.2 Å². The van der Waals surface area contributed by atoms with E-state index in [2.05, 4.69) is 9.97 Å². The van der Waals surface area contributed by atoms with Gasteiger partial charge in [0.25, 0.3) is 0 Å². The fourth-order valence-corrected chi connectivity index (χ4v) is 4.99. The Balaban J connectivity index is 1.67. The highest BCUT2D eigenvalue weighted by atomic mass is 32.2. The van der Waals surface area contributed by atoms with E-state index in [1.807, 2.05) is 17.8 Å². The molecular formula is C15H17N5S2. The number of imidazole rings is 1. The van der Waals surface area contributed by atoms with Gasteiger partial charge in [0.1, 0.15) is 16.5 Å². The molecule has 1 aliphatic carbocycles. The number of nitrogens with zero attached hydrogens (tertiary/aromatic N) is 4. The maximum Gasteiger partial charge on any atom is 0.168 e. The number of thioether (sulfide) groups is 1. The van der Waals surface area contributed by atoms with Gasteiger partial charge in [-0.25, -0.2) is 15.0 Å². The van der Waals surface area contributed by atoms with Crippen molar-refractivity contribution in [2.45, 2.75) is 36.6 Å². The second kappa shape index (κ2) is 5.55. The first kappa shape index (κ1) is 14.0. The van der Waals surface area contributed by atoms with Crippen LogP contribution in [0.4, 0.5) is 5.82 Å². The molecule has 0 amide bonds. The Bertz CT molecular complexity index is 836. The Kier molecular flexibility index (Phi) is 3.54. The van der Waals surface area contributed by atoms with E-state index < -0.39 is 0 Å². The SMILES string of the molecule is Cn1ccnc1SCc1nc(N)c2c3c(sc2n1)CCCC3. The minimum Gasteiger partial charge on any atom is -0.383 e. The Morgan fingerprint density at radius 1 is 1.32 bits per heavy atom. The Morgan fingerprint density at radius 3 is 3.00 bits per heavy atom. The number of rotatable bonds is 3. The number of thiophene rings is 1. The van der Waals surface area contributed by atoms with Crippen LogP contribution in [0, 0.1) is 0 Å². The normalized spacial score (nSPS) is 14.4. The molecule has 0 atom stereocenters. The Labute approximate surface area is 137 Å². The van der Waals surface area contributed by atoms with Crippen LogP contribution in [0.15, 0.2) is 17.6 Å². The fourth-order valence-electron chi connectivity index (χ4n) is 2.92. The molecule has 0 radical (unpaired) electrons. The van der Waals surface area contributed by atoms with E-state index in [1.54, 1.807) is 29.3 Å². The second-order valence-corrected chi connectivity index (χ2v) is 7.55. The van der Waals surface area contributed by atoms with Crippen LogP contribution in [0.1, 0.15) is 29.1 Å². The molecule has 1 aliphatic rings. The summed E-state index contributed by atoms with van der Waals surface area (Å²) in [7, 11) is 1.99. The molecule has 0 spiro atoms. The third-order valence-corrected chi connectivity index (χ3v) is 6.24. The summed E-state index contributed by atoms with van der Waals surface area (Å²) in [5.74, 6) is 2.12. The van der Waals surface area contributed by atoms with Gasteiger partial charge in [-0.2, -0.15) is 0 Å². The molecule has 0 aliphatic heterocycles. The highest BCUT2D eigenvalue weighted by Gasteiger charge is 2.20. The van der Waals surface area contributed by atoms with Crippen molar-refractivity contribution in [3.8, 4) is 0 Å². The summed E-state index contributed by atoms with van der Waals surface area (Å²) in [5.41, 5.74) is 7.63. The lowest BCUT2D eigenvalue weighted by Crippen LogP contribution is -2.02. The second-order valence-electron chi connectivity index (χ2n) is 5.53. The summed E-state index contributed by atoms with van der Waals surface area (Å²) >= 11 is 3.43. The highest BCUT2D eigenvalue weighted by Crippen LogP contribution is 2.38. The van der Waals surface area contributed by atoms with Gasteiger partial charge < -0.3 is 10.3 Å². The van der Waals surface area contributed by atoms with Crippen molar-refractivity contribution < 1.29 is 0 Å². The Morgan fingerprint density at radius 2 is 2.18 bits per heavy atom. The number of hydrogen-bond acceptors (Lipinski definition) is 6. The van der Waals surface area contributed by atoms with Gasteiger partial charge in [0, 0.05) is 24.3 Å². The first-order valence-electron chi connectivity index (χ1n) is 7.39. The Hall–Kier alpha value is -1.60. The quantitative estimate of drug-likeness (QED) is 0.747. The lowest BCUT2D eigenvalue weighted by Gasteiger charge is -2.10. The van der Waals surface area contributed by atoms with Crippen LogP contribution in [0.3, 0.4) is 0 Å². The molecule has 0 fully saturated rings. The van der Waals surface area contributed by atoms with E-state index in [4.69, 9.17) is 10.7 Å². The minimum absolute atomic E-state index is 0.639. The highest BCUT2D eigenvalue weighted by molar-refractivity contribution is 7.98. The average molecular weight is 331 g/mol. The van der Waals surface area contributed by atoms with Crippen LogP contribution in [-0.4, -0.2) is 19.5 Å². The zero-order chi connectivity index (χ0) is 15.1. The predicted octanol–water partition coefficient (Wildman–Crippen LogP) is 3.18. The molecule has 0 saturated carbocycles. The molecule has 7 heteroatoms. The molecule has 0 unspecified atom stereocenters. The number of fused-ring (bicyclic) bond motifs is 3. The van der Waals surface area contributed by atoms with E-state index in [-0.39, 0.29) is 0 Å². The molecule has 0 saturated heterocycles.